The maximum atomic E-state index is 13.5. The largest absolute Gasteiger partial charge is 0.341 e. The Balaban J connectivity index is 1.42. The second kappa shape index (κ2) is 8.27. The first-order chi connectivity index (χ1) is 14.0. The summed E-state index contributed by atoms with van der Waals surface area (Å²) < 4.78 is 13.5. The summed E-state index contributed by atoms with van der Waals surface area (Å²) in [4.78, 5) is 37.4. The number of piperidine rings is 2. The summed E-state index contributed by atoms with van der Waals surface area (Å²) in [6.07, 6.45) is 5.31. The van der Waals surface area contributed by atoms with Crippen LogP contribution in [0.4, 0.5) is 4.39 Å². The average Bonchev–Trinajstić information content (AvgIpc) is 2.75. The van der Waals surface area contributed by atoms with E-state index in [2.05, 4.69) is 9.97 Å². The molecule has 0 N–H and O–H groups in total. The molecule has 2 aliphatic heterocycles. The zero-order chi connectivity index (χ0) is 20.4. The average molecular weight is 396 g/mol. The quantitative estimate of drug-likeness (QED) is 0.800. The highest BCUT2D eigenvalue weighted by atomic mass is 19.1. The summed E-state index contributed by atoms with van der Waals surface area (Å²) in [5, 5.41) is 0. The first kappa shape index (κ1) is 19.5. The first-order valence-corrected chi connectivity index (χ1v) is 10.2. The van der Waals surface area contributed by atoms with Crippen LogP contribution in [0.2, 0.25) is 0 Å². The van der Waals surface area contributed by atoms with Gasteiger partial charge in [-0.15, -0.1) is 0 Å². The molecule has 7 heteroatoms. The van der Waals surface area contributed by atoms with Crippen LogP contribution < -0.4 is 0 Å². The summed E-state index contributed by atoms with van der Waals surface area (Å²) in [6, 6.07) is 7.83. The third kappa shape index (κ3) is 4.13. The second-order valence-corrected chi connectivity index (χ2v) is 7.82. The Bertz CT molecular complexity index is 911. The number of carbonyl (C=O) groups excluding carboxylic acids is 2. The van der Waals surface area contributed by atoms with E-state index in [1.54, 1.807) is 30.3 Å². The van der Waals surface area contributed by atoms with Crippen molar-refractivity contribution >= 4 is 11.8 Å². The van der Waals surface area contributed by atoms with Crippen molar-refractivity contribution in [2.75, 3.05) is 20.1 Å². The van der Waals surface area contributed by atoms with Crippen molar-refractivity contribution in [1.29, 1.82) is 0 Å². The second-order valence-electron chi connectivity index (χ2n) is 7.82. The highest BCUT2D eigenvalue weighted by molar-refractivity contribution is 5.88. The number of aromatic nitrogens is 2. The Morgan fingerprint density at radius 1 is 1.17 bits per heavy atom. The van der Waals surface area contributed by atoms with Gasteiger partial charge in [0.05, 0.1) is 5.69 Å². The number of hydrogen-bond acceptors (Lipinski definition) is 4. The van der Waals surface area contributed by atoms with Crippen LogP contribution in [0.1, 0.15) is 43.8 Å². The van der Waals surface area contributed by atoms with E-state index in [0.717, 1.165) is 37.1 Å². The van der Waals surface area contributed by atoms with Gasteiger partial charge in [0.2, 0.25) is 11.8 Å². The number of carbonyl (C=O) groups is 2. The molecule has 2 saturated heterocycles. The molecule has 2 aliphatic rings. The van der Waals surface area contributed by atoms with Gasteiger partial charge in [0.25, 0.3) is 0 Å². The number of likely N-dealkylation sites (N-methyl/N-ethyl adjacent to an activating group) is 1. The number of hydrogen-bond donors (Lipinski definition) is 0. The molecule has 2 amide bonds. The standard InChI is InChI=1S/C22H25FN4O2/c1-26-19(6-3-7-20(26)28)22(29)27-12-9-15(10-13-27)21-24-11-8-18(25-21)16-4-2-5-17(23)14-16/h2,4-5,8,11,14-15,19H,3,6-7,9-10,12-13H2,1H3. The van der Waals surface area contributed by atoms with Gasteiger partial charge in [-0.1, -0.05) is 12.1 Å². The first-order valence-electron chi connectivity index (χ1n) is 10.2. The van der Waals surface area contributed by atoms with Crippen molar-refractivity contribution in [2.24, 2.45) is 0 Å². The number of nitrogens with zero attached hydrogens (tertiary/aromatic N) is 4. The summed E-state index contributed by atoms with van der Waals surface area (Å²) in [5.41, 5.74) is 1.43. The fourth-order valence-electron chi connectivity index (χ4n) is 4.23. The van der Waals surface area contributed by atoms with E-state index >= 15 is 0 Å². The highest BCUT2D eigenvalue weighted by Gasteiger charge is 2.35. The molecule has 4 rings (SSSR count). The minimum absolute atomic E-state index is 0.0482. The number of amides is 2. The van der Waals surface area contributed by atoms with Gasteiger partial charge in [0.15, 0.2) is 0 Å². The van der Waals surface area contributed by atoms with Crippen LogP contribution in [0.5, 0.6) is 0 Å². The topological polar surface area (TPSA) is 66.4 Å². The fourth-order valence-corrected chi connectivity index (χ4v) is 4.23. The Morgan fingerprint density at radius 2 is 1.97 bits per heavy atom. The molecule has 0 bridgehead atoms. The number of halogens is 1. The molecule has 2 fully saturated rings. The van der Waals surface area contributed by atoms with Crippen LogP contribution in [-0.4, -0.2) is 57.8 Å². The van der Waals surface area contributed by atoms with Gasteiger partial charge in [-0.05, 0) is 43.9 Å². The summed E-state index contributed by atoms with van der Waals surface area (Å²) >= 11 is 0. The van der Waals surface area contributed by atoms with E-state index in [1.165, 1.54) is 12.1 Å². The molecule has 0 spiro atoms. The van der Waals surface area contributed by atoms with Crippen molar-refractivity contribution < 1.29 is 14.0 Å². The molecule has 1 atom stereocenters. The maximum Gasteiger partial charge on any atom is 0.245 e. The molecule has 152 valence electrons. The molecule has 2 aromatic rings. The summed E-state index contributed by atoms with van der Waals surface area (Å²) in [6.45, 7) is 1.27. The van der Waals surface area contributed by atoms with Crippen LogP contribution in [0.25, 0.3) is 11.3 Å². The molecule has 6 nitrogen and oxygen atoms in total. The third-order valence-corrected chi connectivity index (χ3v) is 5.98. The Kier molecular flexibility index (Phi) is 5.56. The molecule has 0 aliphatic carbocycles. The van der Waals surface area contributed by atoms with Crippen LogP contribution in [0, 0.1) is 5.82 Å². The van der Waals surface area contributed by atoms with E-state index < -0.39 is 0 Å². The Morgan fingerprint density at radius 3 is 2.72 bits per heavy atom. The smallest absolute Gasteiger partial charge is 0.245 e. The van der Waals surface area contributed by atoms with E-state index in [-0.39, 0.29) is 29.6 Å². The van der Waals surface area contributed by atoms with Crippen molar-refractivity contribution in [3.05, 3.63) is 48.2 Å². The lowest BCUT2D eigenvalue weighted by atomic mass is 9.94. The van der Waals surface area contributed by atoms with E-state index in [1.807, 2.05) is 11.0 Å². The zero-order valence-electron chi connectivity index (χ0n) is 16.6. The van der Waals surface area contributed by atoms with Gasteiger partial charge < -0.3 is 9.80 Å². The lowest BCUT2D eigenvalue weighted by molar-refractivity contribution is -0.148. The molecule has 0 saturated carbocycles. The van der Waals surface area contributed by atoms with Crippen molar-refractivity contribution in [1.82, 2.24) is 19.8 Å². The predicted molar refractivity (Wildman–Crippen MR) is 106 cm³/mol. The van der Waals surface area contributed by atoms with Crippen LogP contribution in [-0.2, 0) is 9.59 Å². The lowest BCUT2D eigenvalue weighted by Gasteiger charge is -2.38. The van der Waals surface area contributed by atoms with Crippen LogP contribution in [0.3, 0.4) is 0 Å². The predicted octanol–water partition coefficient (Wildman–Crippen LogP) is 3.00. The van der Waals surface area contributed by atoms with E-state index in [0.29, 0.717) is 25.2 Å². The normalized spacial score (nSPS) is 20.8. The molecule has 0 radical (unpaired) electrons. The number of likely N-dealkylation sites (tertiary alicyclic amines) is 2. The minimum Gasteiger partial charge on any atom is -0.341 e. The Hall–Kier alpha value is -2.83. The van der Waals surface area contributed by atoms with Gasteiger partial charge in [0.1, 0.15) is 17.7 Å². The van der Waals surface area contributed by atoms with E-state index in [9.17, 15) is 14.0 Å². The zero-order valence-corrected chi connectivity index (χ0v) is 16.6. The monoisotopic (exact) mass is 396 g/mol. The third-order valence-electron chi connectivity index (χ3n) is 5.98. The van der Waals surface area contributed by atoms with Crippen molar-refractivity contribution in [3.63, 3.8) is 0 Å². The van der Waals surface area contributed by atoms with Crippen LogP contribution in [0.15, 0.2) is 36.5 Å². The fraction of sp³-hybridized carbons (Fsp3) is 0.455. The van der Waals surface area contributed by atoms with Gasteiger partial charge in [-0.3, -0.25) is 9.59 Å². The molecule has 3 heterocycles. The lowest BCUT2D eigenvalue weighted by Crippen LogP contribution is -2.52. The van der Waals surface area contributed by atoms with Gasteiger partial charge in [-0.25, -0.2) is 14.4 Å². The number of rotatable bonds is 3. The number of benzene rings is 1. The van der Waals surface area contributed by atoms with Crippen LogP contribution >= 0.6 is 0 Å². The molecular formula is C22H25FN4O2. The molecule has 1 aromatic carbocycles. The summed E-state index contributed by atoms with van der Waals surface area (Å²) in [5.74, 6) is 0.711. The van der Waals surface area contributed by atoms with Gasteiger partial charge in [-0.2, -0.15) is 0 Å². The van der Waals surface area contributed by atoms with Crippen molar-refractivity contribution in [3.8, 4) is 11.3 Å². The van der Waals surface area contributed by atoms with Gasteiger partial charge >= 0.3 is 0 Å². The Labute approximate surface area is 169 Å². The SMILES string of the molecule is CN1C(=O)CCCC1C(=O)N1CCC(c2nccc(-c3cccc(F)c3)n2)CC1. The molecule has 29 heavy (non-hydrogen) atoms. The minimum atomic E-state index is -0.333. The maximum absolute atomic E-state index is 13.5. The van der Waals surface area contributed by atoms with E-state index in [4.69, 9.17) is 0 Å². The van der Waals surface area contributed by atoms with Crippen molar-refractivity contribution in [2.45, 2.75) is 44.1 Å². The van der Waals surface area contributed by atoms with Gasteiger partial charge in [0, 0.05) is 44.2 Å². The molecular weight excluding hydrogens is 371 g/mol. The summed E-state index contributed by atoms with van der Waals surface area (Å²) in [7, 11) is 1.72. The highest BCUT2D eigenvalue weighted by Crippen LogP contribution is 2.29. The molecule has 1 aromatic heterocycles. The molecule has 1 unspecified atom stereocenters.